The van der Waals surface area contributed by atoms with Gasteiger partial charge in [-0.15, -0.1) is 0 Å². The monoisotopic (exact) mass is 947 g/mol. The number of carbonyl (C=O) groups excluding carboxylic acids is 2. The number of rotatable bonds is 53. The number of carbonyl (C=O) groups is 2. The maximum Gasteiger partial charge on any atom is 0.306 e. The minimum atomic E-state index is -0.778. The first-order chi connectivity index (χ1) is 33.6. The summed E-state index contributed by atoms with van der Waals surface area (Å²) < 4.78 is 10.7. The van der Waals surface area contributed by atoms with Crippen LogP contribution in [0.3, 0.4) is 0 Å². The maximum atomic E-state index is 12.3. The van der Waals surface area contributed by atoms with E-state index in [0.29, 0.717) is 12.8 Å². The van der Waals surface area contributed by atoms with E-state index in [1.807, 2.05) is 0 Å². The minimum Gasteiger partial charge on any atom is -0.462 e. The van der Waals surface area contributed by atoms with Crippen molar-refractivity contribution in [3.63, 3.8) is 0 Å². The van der Waals surface area contributed by atoms with Crippen LogP contribution in [0.25, 0.3) is 0 Å². The van der Waals surface area contributed by atoms with Gasteiger partial charge in [0.15, 0.2) is 6.10 Å². The lowest BCUT2D eigenvalue weighted by molar-refractivity contribution is -0.161. The van der Waals surface area contributed by atoms with Crippen LogP contribution in [0.15, 0.2) is 85.1 Å². The van der Waals surface area contributed by atoms with E-state index in [0.717, 1.165) is 89.9 Å². The molecular formula is C63H110O5. The summed E-state index contributed by atoms with van der Waals surface area (Å²) in [6.45, 7) is 3.96. The molecule has 5 nitrogen and oxygen atoms in total. The van der Waals surface area contributed by atoms with Crippen LogP contribution in [-0.4, -0.2) is 36.4 Å². The smallest absolute Gasteiger partial charge is 0.306 e. The molecule has 1 atom stereocenters. The van der Waals surface area contributed by atoms with Gasteiger partial charge in [-0.1, -0.05) is 272 Å². The van der Waals surface area contributed by atoms with E-state index in [4.69, 9.17) is 9.47 Å². The van der Waals surface area contributed by atoms with E-state index >= 15 is 0 Å². The van der Waals surface area contributed by atoms with Gasteiger partial charge in [0.05, 0.1) is 6.61 Å². The zero-order valence-electron chi connectivity index (χ0n) is 44.9. The first-order valence-corrected chi connectivity index (χ1v) is 29.1. The average Bonchev–Trinajstić information content (AvgIpc) is 3.34. The summed E-state index contributed by atoms with van der Waals surface area (Å²) in [5.74, 6) is -0.599. The van der Waals surface area contributed by atoms with Crippen molar-refractivity contribution >= 4 is 11.9 Å². The Hall–Kier alpha value is -2.92. The van der Waals surface area contributed by atoms with Crippen molar-refractivity contribution in [3.05, 3.63) is 85.1 Å². The Labute approximate surface area is 422 Å². The molecule has 68 heavy (non-hydrogen) atoms. The molecule has 0 bridgehead atoms. The van der Waals surface area contributed by atoms with Crippen LogP contribution in [0.4, 0.5) is 0 Å². The van der Waals surface area contributed by atoms with Gasteiger partial charge in [0.2, 0.25) is 0 Å². The van der Waals surface area contributed by atoms with E-state index in [-0.39, 0.29) is 25.2 Å². The second-order valence-corrected chi connectivity index (χ2v) is 19.3. The SMILES string of the molecule is CC/C=C\C/C=C\C/C=C\C/C=C\C/C=C\CCCCCCCCCCCCCCCCCCCCCCCCCCCC(=O)OC(CO)COC(=O)CCCCCCC/C=C\C/C=C\CCC. The average molecular weight is 948 g/mol. The summed E-state index contributed by atoms with van der Waals surface area (Å²) in [5, 5.41) is 9.62. The summed E-state index contributed by atoms with van der Waals surface area (Å²) in [7, 11) is 0. The molecule has 5 heteroatoms. The lowest BCUT2D eigenvalue weighted by atomic mass is 10.0. The molecule has 0 rings (SSSR count). The number of unbranched alkanes of at least 4 members (excludes halogenated alkanes) is 31. The van der Waals surface area contributed by atoms with Gasteiger partial charge in [0.1, 0.15) is 6.61 Å². The highest BCUT2D eigenvalue weighted by molar-refractivity contribution is 5.70. The summed E-state index contributed by atoms with van der Waals surface area (Å²) in [6.07, 6.45) is 81.6. The number of hydrogen-bond donors (Lipinski definition) is 1. The standard InChI is InChI=1S/C63H110O5/c1-3-5-7-9-11-13-15-17-18-19-20-21-22-23-24-25-26-27-28-29-30-31-32-33-34-35-36-37-38-39-40-41-42-43-44-46-48-50-52-54-56-58-63(66)68-61(59-64)60-67-62(65)57-55-53-51-49-47-45-16-14-12-10-8-6-4-2/h5,7-8,10-11,13-14,16-18,20-21,23-24,61,64H,3-4,6,9,12,15,19,22,25-60H2,1-2H3/b7-5-,10-8-,13-11-,16-14-,18-17-,21-20-,24-23-. The predicted octanol–water partition coefficient (Wildman–Crippen LogP) is 19.8. The molecule has 0 spiro atoms. The van der Waals surface area contributed by atoms with Crippen LogP contribution in [0, 0.1) is 0 Å². The van der Waals surface area contributed by atoms with E-state index in [9.17, 15) is 14.7 Å². The van der Waals surface area contributed by atoms with Crippen LogP contribution in [-0.2, 0) is 19.1 Å². The van der Waals surface area contributed by atoms with Gasteiger partial charge in [-0.25, -0.2) is 0 Å². The molecule has 392 valence electrons. The normalized spacial score (nSPS) is 12.8. The van der Waals surface area contributed by atoms with Crippen molar-refractivity contribution in [3.8, 4) is 0 Å². The highest BCUT2D eigenvalue weighted by Crippen LogP contribution is 2.17. The fraction of sp³-hybridized carbons (Fsp3) is 0.746. The van der Waals surface area contributed by atoms with Gasteiger partial charge in [-0.05, 0) is 83.5 Å². The second-order valence-electron chi connectivity index (χ2n) is 19.3. The molecule has 1 unspecified atom stereocenters. The van der Waals surface area contributed by atoms with Crippen LogP contribution in [0.5, 0.6) is 0 Å². The molecule has 0 aromatic heterocycles. The van der Waals surface area contributed by atoms with Gasteiger partial charge in [0, 0.05) is 12.8 Å². The van der Waals surface area contributed by atoms with Crippen molar-refractivity contribution in [2.75, 3.05) is 13.2 Å². The zero-order chi connectivity index (χ0) is 49.2. The Morgan fingerprint density at radius 1 is 0.353 bits per heavy atom. The van der Waals surface area contributed by atoms with Gasteiger partial charge in [-0.2, -0.15) is 0 Å². The fourth-order valence-corrected chi connectivity index (χ4v) is 8.33. The quantitative estimate of drug-likeness (QED) is 0.0374. The molecule has 0 heterocycles. The van der Waals surface area contributed by atoms with Crippen LogP contribution < -0.4 is 0 Å². The van der Waals surface area contributed by atoms with Gasteiger partial charge >= 0.3 is 11.9 Å². The largest absolute Gasteiger partial charge is 0.462 e. The van der Waals surface area contributed by atoms with Gasteiger partial charge in [0.25, 0.3) is 0 Å². The highest BCUT2D eigenvalue weighted by atomic mass is 16.6. The summed E-state index contributed by atoms with van der Waals surface area (Å²) in [6, 6.07) is 0. The fourth-order valence-electron chi connectivity index (χ4n) is 8.33. The molecule has 0 fully saturated rings. The lowest BCUT2D eigenvalue weighted by Gasteiger charge is -2.15. The highest BCUT2D eigenvalue weighted by Gasteiger charge is 2.16. The maximum absolute atomic E-state index is 12.3. The Morgan fingerprint density at radius 2 is 0.632 bits per heavy atom. The molecule has 0 aromatic carbocycles. The molecule has 0 saturated carbocycles. The molecular weight excluding hydrogens is 837 g/mol. The van der Waals surface area contributed by atoms with Crippen molar-refractivity contribution in [1.29, 1.82) is 0 Å². The zero-order valence-corrected chi connectivity index (χ0v) is 44.9. The molecule has 0 amide bonds. The van der Waals surface area contributed by atoms with Gasteiger partial charge in [-0.3, -0.25) is 9.59 Å². The third kappa shape index (κ3) is 55.7. The van der Waals surface area contributed by atoms with Crippen molar-refractivity contribution in [1.82, 2.24) is 0 Å². The Balaban J connectivity index is 3.39. The first-order valence-electron chi connectivity index (χ1n) is 29.1. The van der Waals surface area contributed by atoms with Crippen molar-refractivity contribution < 1.29 is 24.2 Å². The summed E-state index contributed by atoms with van der Waals surface area (Å²) in [4.78, 5) is 24.4. The molecule has 0 aliphatic rings. The molecule has 0 aliphatic carbocycles. The van der Waals surface area contributed by atoms with E-state index in [1.165, 1.54) is 167 Å². The van der Waals surface area contributed by atoms with Crippen LogP contribution >= 0.6 is 0 Å². The summed E-state index contributed by atoms with van der Waals surface area (Å²) >= 11 is 0. The van der Waals surface area contributed by atoms with E-state index in [1.54, 1.807) is 0 Å². The second kappa shape index (κ2) is 58.4. The van der Waals surface area contributed by atoms with Crippen LogP contribution in [0.1, 0.15) is 284 Å². The molecule has 0 saturated heterocycles. The number of aliphatic hydroxyl groups is 1. The number of esters is 2. The summed E-state index contributed by atoms with van der Waals surface area (Å²) in [5.41, 5.74) is 0. The first kappa shape index (κ1) is 65.1. The predicted molar refractivity (Wildman–Crippen MR) is 297 cm³/mol. The minimum absolute atomic E-state index is 0.0721. The van der Waals surface area contributed by atoms with E-state index < -0.39 is 6.10 Å². The lowest BCUT2D eigenvalue weighted by Crippen LogP contribution is -2.28. The molecule has 0 aromatic rings. The third-order valence-corrected chi connectivity index (χ3v) is 12.7. The van der Waals surface area contributed by atoms with E-state index in [2.05, 4.69) is 98.9 Å². The third-order valence-electron chi connectivity index (χ3n) is 12.7. The number of aliphatic hydroxyl groups excluding tert-OH is 1. The molecule has 0 radical (unpaired) electrons. The number of allylic oxidation sites excluding steroid dienone is 14. The van der Waals surface area contributed by atoms with Crippen molar-refractivity contribution in [2.24, 2.45) is 0 Å². The Bertz CT molecular complexity index is 1250. The van der Waals surface area contributed by atoms with Crippen molar-refractivity contribution in [2.45, 2.75) is 290 Å². The molecule has 0 aliphatic heterocycles. The topological polar surface area (TPSA) is 72.8 Å². The number of ether oxygens (including phenoxy) is 2. The number of hydrogen-bond acceptors (Lipinski definition) is 5. The molecule has 1 N–H and O–H groups in total. The van der Waals surface area contributed by atoms with Crippen LogP contribution in [0.2, 0.25) is 0 Å². The Morgan fingerprint density at radius 3 is 0.956 bits per heavy atom. The van der Waals surface area contributed by atoms with Gasteiger partial charge < -0.3 is 14.6 Å². The Kier molecular flexibility index (Phi) is 55.9.